The fourth-order valence-electron chi connectivity index (χ4n) is 2.01. The number of hydrogen-bond donors (Lipinski definition) is 0. The summed E-state index contributed by atoms with van der Waals surface area (Å²) in [5.74, 6) is 0. The Balaban J connectivity index is 2.16. The molecule has 3 nitrogen and oxygen atoms in total. The van der Waals surface area contributed by atoms with Crippen LogP contribution in [0.15, 0.2) is 36.7 Å². The maximum absolute atomic E-state index is 5.44. The Hall–Kier alpha value is -1.40. The molecule has 0 spiro atoms. The molecule has 0 saturated carbocycles. The van der Waals surface area contributed by atoms with E-state index in [4.69, 9.17) is 12.2 Å². The molecule has 0 aliphatic rings. The van der Waals surface area contributed by atoms with Gasteiger partial charge in [0.1, 0.15) is 16.3 Å². The van der Waals surface area contributed by atoms with Crippen LogP contribution in [0.1, 0.15) is 0 Å². The van der Waals surface area contributed by atoms with Crippen LogP contribution in [0.4, 0.5) is 0 Å². The van der Waals surface area contributed by atoms with Crippen molar-refractivity contribution in [3.63, 3.8) is 0 Å². The van der Waals surface area contributed by atoms with Crippen LogP contribution in [0, 0.1) is 3.95 Å². The van der Waals surface area contributed by atoms with Crippen molar-refractivity contribution in [2.45, 2.75) is 0 Å². The lowest BCUT2D eigenvalue weighted by molar-refractivity contribution is -0.653. The molecule has 0 aliphatic carbocycles. The zero-order valence-corrected chi connectivity index (χ0v) is 11.8. The quantitative estimate of drug-likeness (QED) is 0.391. The molecule has 0 N–H and O–H groups in total. The number of benzene rings is 1. The van der Waals surface area contributed by atoms with Crippen LogP contribution in [0.2, 0.25) is 0 Å². The Morgan fingerprint density at radius 1 is 1.33 bits per heavy atom. The molecule has 18 heavy (non-hydrogen) atoms. The summed E-state index contributed by atoms with van der Waals surface area (Å²) in [6.45, 7) is 0. The van der Waals surface area contributed by atoms with Crippen molar-refractivity contribution in [3.8, 4) is 0 Å². The number of aryl methyl sites for hydroxylation is 2. The van der Waals surface area contributed by atoms with Crippen molar-refractivity contribution in [2.75, 3.05) is 0 Å². The first kappa shape index (κ1) is 11.7. The van der Waals surface area contributed by atoms with Crippen LogP contribution in [0.5, 0.6) is 0 Å². The van der Waals surface area contributed by atoms with Crippen molar-refractivity contribution >= 4 is 46.9 Å². The Bertz CT molecular complexity index is 750. The minimum absolute atomic E-state index is 0.873. The summed E-state index contributed by atoms with van der Waals surface area (Å²) in [4.78, 5) is 0. The number of nitrogens with zero attached hydrogens (tertiary/aromatic N) is 3. The molecule has 1 aromatic carbocycles. The molecule has 3 rings (SSSR count). The molecule has 0 unspecified atom stereocenters. The summed E-state index contributed by atoms with van der Waals surface area (Å²) in [5, 5.41) is 0. The Kier molecular flexibility index (Phi) is 2.83. The molecule has 2 heterocycles. The highest BCUT2D eigenvalue weighted by atomic mass is 32.1. The standard InChI is InChI=1S/C12H12BN3S2/c1-14-7-8-15(2)11(14)13-16-9-5-3-4-6-10(9)18-12(16)17/h3-8H,1-2H3. The van der Waals surface area contributed by atoms with Gasteiger partial charge < -0.3 is 4.48 Å². The molecule has 90 valence electrons. The second-order valence-corrected chi connectivity index (χ2v) is 5.89. The van der Waals surface area contributed by atoms with Crippen molar-refractivity contribution in [1.29, 1.82) is 0 Å². The lowest BCUT2D eigenvalue weighted by Crippen LogP contribution is -2.51. The van der Waals surface area contributed by atoms with E-state index in [0.29, 0.717) is 0 Å². The van der Waals surface area contributed by atoms with E-state index >= 15 is 0 Å². The highest BCUT2D eigenvalue weighted by Gasteiger charge is 2.03. The van der Waals surface area contributed by atoms with E-state index < -0.39 is 0 Å². The van der Waals surface area contributed by atoms with Gasteiger partial charge >= 0.3 is 0 Å². The predicted molar refractivity (Wildman–Crippen MR) is 78.0 cm³/mol. The summed E-state index contributed by atoms with van der Waals surface area (Å²) < 4.78 is 8.32. The lowest BCUT2D eigenvalue weighted by Gasteiger charge is -2.17. The van der Waals surface area contributed by atoms with Gasteiger partial charge in [0.15, 0.2) is 0 Å². The molecule has 3 aromatic rings. The third kappa shape index (κ3) is 1.81. The molecular formula is C12H12BN3S2. The van der Waals surface area contributed by atoms with Gasteiger partial charge in [-0.3, -0.25) is 9.13 Å². The van der Waals surface area contributed by atoms with E-state index in [1.54, 1.807) is 11.3 Å². The number of rotatable bonds is 2. The minimum atomic E-state index is 0.873. The third-order valence-corrected chi connectivity index (χ3v) is 4.38. The maximum atomic E-state index is 5.44. The van der Waals surface area contributed by atoms with Crippen LogP contribution in [0.3, 0.4) is 0 Å². The van der Waals surface area contributed by atoms with Crippen molar-refractivity contribution in [1.82, 2.24) is 9.05 Å². The average Bonchev–Trinajstić information content (AvgIpc) is 2.84. The first-order valence-corrected chi connectivity index (χ1v) is 6.85. The molecule has 6 heteroatoms. The molecule has 0 bridgehead atoms. The van der Waals surface area contributed by atoms with E-state index in [0.717, 1.165) is 15.2 Å². The first-order valence-electron chi connectivity index (χ1n) is 5.63. The number of hydrogen-bond acceptors (Lipinski definition) is 2. The SMILES string of the molecule is Cn1cc[n+](C)c1[B-]n1c(=S)sc2ccccc21. The van der Waals surface area contributed by atoms with Gasteiger partial charge in [-0.15, -0.1) is 11.3 Å². The molecule has 0 fully saturated rings. The molecule has 0 aliphatic heterocycles. The van der Waals surface area contributed by atoms with Crippen LogP contribution in [-0.4, -0.2) is 16.5 Å². The molecule has 0 amide bonds. The summed E-state index contributed by atoms with van der Waals surface area (Å²) in [5.41, 5.74) is 2.27. The highest BCUT2D eigenvalue weighted by molar-refractivity contribution is 7.73. The summed E-state index contributed by atoms with van der Waals surface area (Å²) in [6, 6.07) is 8.28. The van der Waals surface area contributed by atoms with Crippen LogP contribution >= 0.6 is 23.6 Å². The Morgan fingerprint density at radius 3 is 2.83 bits per heavy atom. The molecule has 2 aromatic heterocycles. The second-order valence-electron chi connectivity index (χ2n) is 4.21. The predicted octanol–water partition coefficient (Wildman–Crippen LogP) is 1.39. The van der Waals surface area contributed by atoms with Gasteiger partial charge in [0.05, 0.1) is 14.1 Å². The zero-order chi connectivity index (χ0) is 12.7. The van der Waals surface area contributed by atoms with E-state index in [2.05, 4.69) is 33.2 Å². The van der Waals surface area contributed by atoms with Gasteiger partial charge in [0.25, 0.3) is 0 Å². The van der Waals surface area contributed by atoms with Crippen LogP contribution in [-0.2, 0) is 14.1 Å². The Morgan fingerprint density at radius 2 is 2.11 bits per heavy atom. The van der Waals surface area contributed by atoms with E-state index in [1.807, 2.05) is 38.6 Å². The normalized spacial score (nSPS) is 11.2. The van der Waals surface area contributed by atoms with Crippen molar-refractivity contribution in [2.24, 2.45) is 14.1 Å². The lowest BCUT2D eigenvalue weighted by atomic mass is 9.92. The Labute approximate surface area is 115 Å². The van der Waals surface area contributed by atoms with Crippen molar-refractivity contribution < 1.29 is 4.57 Å². The van der Waals surface area contributed by atoms with Gasteiger partial charge in [-0.25, -0.2) is 0 Å². The van der Waals surface area contributed by atoms with Gasteiger partial charge in [-0.2, -0.15) is 0 Å². The largest absolute Gasteiger partial charge is 0.552 e. The van der Waals surface area contributed by atoms with Gasteiger partial charge in [-0.05, 0) is 19.5 Å². The second kappa shape index (κ2) is 4.37. The van der Waals surface area contributed by atoms with Gasteiger partial charge in [-0.1, -0.05) is 24.4 Å². The number of fused-ring (bicyclic) bond motifs is 1. The number of thiazole rings is 1. The van der Waals surface area contributed by atoms with Gasteiger partial charge in [0.2, 0.25) is 0 Å². The summed E-state index contributed by atoms with van der Waals surface area (Å²) in [7, 11) is 6.15. The molecule has 0 saturated heterocycles. The average molecular weight is 273 g/mol. The topological polar surface area (TPSA) is 13.7 Å². The first-order chi connectivity index (χ1) is 8.66. The van der Waals surface area contributed by atoms with E-state index in [1.165, 1.54) is 4.70 Å². The zero-order valence-electron chi connectivity index (χ0n) is 10.2. The number of para-hydroxylation sites is 1. The minimum Gasteiger partial charge on any atom is -0.552 e. The third-order valence-electron chi connectivity index (χ3n) is 3.00. The maximum Gasteiger partial charge on any atom is 0.126 e. The smallest absolute Gasteiger partial charge is 0.126 e. The van der Waals surface area contributed by atoms with E-state index in [-0.39, 0.29) is 0 Å². The van der Waals surface area contributed by atoms with Gasteiger partial charge in [0, 0.05) is 15.9 Å². The summed E-state index contributed by atoms with van der Waals surface area (Å²) in [6.07, 6.45) is 4.06. The molecule has 2 radical (unpaired) electrons. The molecular weight excluding hydrogens is 261 g/mol. The fraction of sp³-hybridized carbons (Fsp3) is 0.167. The van der Waals surface area contributed by atoms with Crippen LogP contribution in [0.25, 0.3) is 10.2 Å². The monoisotopic (exact) mass is 273 g/mol. The molecule has 0 atom stereocenters. The van der Waals surface area contributed by atoms with Crippen LogP contribution < -0.4 is 10.3 Å². The number of aromatic nitrogens is 3. The van der Waals surface area contributed by atoms with E-state index in [9.17, 15) is 0 Å². The highest BCUT2D eigenvalue weighted by Crippen LogP contribution is 2.21. The van der Waals surface area contributed by atoms with Crippen molar-refractivity contribution in [3.05, 3.63) is 40.6 Å². The number of imidazole rings is 1. The summed E-state index contributed by atoms with van der Waals surface area (Å²) >= 11 is 7.08. The fourth-order valence-corrected chi connectivity index (χ4v) is 3.28.